The van der Waals surface area contributed by atoms with Crippen LogP contribution >= 0.6 is 11.3 Å². The van der Waals surface area contributed by atoms with Gasteiger partial charge in [0.15, 0.2) is 17.6 Å². The summed E-state index contributed by atoms with van der Waals surface area (Å²) < 4.78 is 13.2. The van der Waals surface area contributed by atoms with E-state index in [-0.39, 0.29) is 11.7 Å². The first-order valence-corrected chi connectivity index (χ1v) is 9.52. The first-order valence-electron chi connectivity index (χ1n) is 8.71. The fourth-order valence-corrected chi connectivity index (χ4v) is 3.90. The molecule has 1 aliphatic rings. The monoisotopic (exact) mass is 372 g/mol. The summed E-state index contributed by atoms with van der Waals surface area (Å²) in [6.07, 6.45) is 0.621. The lowest BCUT2D eigenvalue weighted by Crippen LogP contribution is -2.41. The van der Waals surface area contributed by atoms with Crippen molar-refractivity contribution < 1.29 is 9.47 Å². The van der Waals surface area contributed by atoms with Crippen molar-refractivity contribution in [3.8, 4) is 11.5 Å². The third-order valence-corrected chi connectivity index (χ3v) is 5.26. The molecule has 4 rings (SSSR count). The molecule has 7 nitrogen and oxygen atoms in total. The predicted molar refractivity (Wildman–Crippen MR) is 101 cm³/mol. The number of hydrogen-bond acceptors (Lipinski definition) is 7. The number of fused-ring (bicyclic) bond motifs is 2. The molecular formula is C18H20N4O3S. The summed E-state index contributed by atoms with van der Waals surface area (Å²) in [6, 6.07) is 9.21. The van der Waals surface area contributed by atoms with Crippen molar-refractivity contribution in [2.75, 3.05) is 24.6 Å². The van der Waals surface area contributed by atoms with Crippen molar-refractivity contribution >= 4 is 21.4 Å². The van der Waals surface area contributed by atoms with Crippen molar-refractivity contribution in [2.24, 2.45) is 0 Å². The van der Waals surface area contributed by atoms with Crippen molar-refractivity contribution in [2.45, 2.75) is 26.4 Å². The first kappa shape index (κ1) is 16.8. The number of rotatable bonds is 5. The largest absolute Gasteiger partial charge is 0.486 e. The number of hydrogen-bond donors (Lipinski definition) is 0. The Morgan fingerprint density at radius 3 is 2.88 bits per heavy atom. The van der Waals surface area contributed by atoms with Gasteiger partial charge in [0.05, 0.1) is 6.54 Å². The number of para-hydroxylation sites is 2. The molecule has 1 aromatic carbocycles. The van der Waals surface area contributed by atoms with E-state index in [0.717, 1.165) is 35.3 Å². The van der Waals surface area contributed by atoms with E-state index < -0.39 is 0 Å². The average Bonchev–Trinajstić information content (AvgIpc) is 3.10. The fourth-order valence-electron chi connectivity index (χ4n) is 2.90. The lowest BCUT2D eigenvalue weighted by Gasteiger charge is -2.30. The molecule has 3 aromatic rings. The van der Waals surface area contributed by atoms with Gasteiger partial charge in [0.2, 0.25) is 10.1 Å². The van der Waals surface area contributed by atoms with Gasteiger partial charge in [-0.1, -0.05) is 30.4 Å². The maximum Gasteiger partial charge on any atom is 0.275 e. The summed E-state index contributed by atoms with van der Waals surface area (Å²) in [5, 5.41) is 5.22. The van der Waals surface area contributed by atoms with Crippen LogP contribution in [0, 0.1) is 0 Å². The Morgan fingerprint density at radius 2 is 2.12 bits per heavy atom. The molecule has 1 atom stereocenters. The number of nitrogens with zero attached hydrogens (tertiary/aromatic N) is 4. The summed E-state index contributed by atoms with van der Waals surface area (Å²) in [6.45, 7) is 5.89. The number of anilines is 1. The van der Waals surface area contributed by atoms with E-state index in [2.05, 4.69) is 21.9 Å². The Labute approximate surface area is 154 Å². The van der Waals surface area contributed by atoms with Crippen molar-refractivity contribution in [1.82, 2.24) is 14.6 Å². The molecule has 0 amide bonds. The molecule has 0 spiro atoms. The molecule has 2 aromatic heterocycles. The Bertz CT molecular complexity index is 984. The molecule has 0 saturated heterocycles. The molecule has 0 bridgehead atoms. The zero-order chi connectivity index (χ0) is 18.1. The van der Waals surface area contributed by atoms with Crippen LogP contribution in [0.1, 0.15) is 19.5 Å². The second-order valence-electron chi connectivity index (χ2n) is 6.05. The van der Waals surface area contributed by atoms with Gasteiger partial charge >= 0.3 is 0 Å². The highest BCUT2D eigenvalue weighted by atomic mass is 32.1. The van der Waals surface area contributed by atoms with Crippen LogP contribution < -0.4 is 19.9 Å². The van der Waals surface area contributed by atoms with E-state index in [1.54, 1.807) is 6.07 Å². The quantitative estimate of drug-likeness (QED) is 0.685. The van der Waals surface area contributed by atoms with Crippen LogP contribution in [-0.4, -0.2) is 40.4 Å². The van der Waals surface area contributed by atoms with Gasteiger partial charge in [-0.3, -0.25) is 4.79 Å². The topological polar surface area (TPSA) is 69.0 Å². The fraction of sp³-hybridized carbons (Fsp3) is 0.389. The van der Waals surface area contributed by atoms with Gasteiger partial charge in [-0.15, -0.1) is 5.10 Å². The van der Waals surface area contributed by atoms with Gasteiger partial charge in [-0.05, 0) is 25.5 Å². The molecule has 3 heterocycles. The minimum atomic E-state index is -0.142. The lowest BCUT2D eigenvalue weighted by atomic mass is 10.2. The van der Waals surface area contributed by atoms with Crippen molar-refractivity contribution in [3.05, 3.63) is 46.4 Å². The number of benzene rings is 1. The smallest absolute Gasteiger partial charge is 0.275 e. The van der Waals surface area contributed by atoms with Crippen molar-refractivity contribution in [1.29, 1.82) is 0 Å². The number of aryl methyl sites for hydroxylation is 1. The summed E-state index contributed by atoms with van der Waals surface area (Å²) in [5.74, 6) is 1.53. The third-order valence-electron chi connectivity index (χ3n) is 4.29. The van der Waals surface area contributed by atoms with E-state index in [0.29, 0.717) is 18.1 Å². The Kier molecular flexibility index (Phi) is 4.50. The van der Waals surface area contributed by atoms with E-state index in [1.165, 1.54) is 15.9 Å². The highest BCUT2D eigenvalue weighted by Gasteiger charge is 2.24. The molecule has 0 fully saturated rings. The number of ether oxygens (including phenoxy) is 2. The maximum absolute atomic E-state index is 12.2. The molecule has 1 unspecified atom stereocenters. The summed E-state index contributed by atoms with van der Waals surface area (Å²) in [4.78, 5) is 19.4. The molecule has 8 heteroatoms. The van der Waals surface area contributed by atoms with Gasteiger partial charge in [-0.25, -0.2) is 4.98 Å². The molecule has 136 valence electrons. The number of aromatic nitrogens is 3. The van der Waals surface area contributed by atoms with Gasteiger partial charge in [0, 0.05) is 18.3 Å². The lowest BCUT2D eigenvalue weighted by molar-refractivity contribution is 0.0953. The van der Waals surface area contributed by atoms with Gasteiger partial charge in [-0.2, -0.15) is 4.52 Å². The Hall–Kier alpha value is -2.61. The van der Waals surface area contributed by atoms with Gasteiger partial charge < -0.3 is 14.4 Å². The summed E-state index contributed by atoms with van der Waals surface area (Å²) >= 11 is 1.42. The summed E-state index contributed by atoms with van der Waals surface area (Å²) in [5.41, 5.74) is 0.644. The summed E-state index contributed by atoms with van der Waals surface area (Å²) in [7, 11) is 0. The van der Waals surface area contributed by atoms with Crippen LogP contribution in [0.25, 0.3) is 4.96 Å². The van der Waals surface area contributed by atoms with Crippen LogP contribution in [0.4, 0.5) is 5.13 Å². The highest BCUT2D eigenvalue weighted by molar-refractivity contribution is 7.20. The zero-order valence-electron chi connectivity index (χ0n) is 14.7. The maximum atomic E-state index is 12.2. The van der Waals surface area contributed by atoms with Gasteiger partial charge in [0.25, 0.3) is 5.56 Å². The standard InChI is InChI=1S/C18H20N4O3S/c1-3-12-9-16(23)22-17(19-12)26-18(20-22)21(4-2)10-13-11-24-14-7-5-6-8-15(14)25-13/h5-9,13H,3-4,10-11H2,1-2H3. The molecular weight excluding hydrogens is 352 g/mol. The highest BCUT2D eigenvalue weighted by Crippen LogP contribution is 2.31. The van der Waals surface area contributed by atoms with E-state index in [4.69, 9.17) is 9.47 Å². The minimum absolute atomic E-state index is 0.104. The SMILES string of the molecule is CCc1cc(=O)n2nc(N(CC)CC3COc4ccccc4O3)sc2n1. The van der Waals surface area contributed by atoms with Crippen LogP contribution in [-0.2, 0) is 6.42 Å². The van der Waals surface area contributed by atoms with E-state index in [9.17, 15) is 4.79 Å². The molecule has 1 aliphatic heterocycles. The second kappa shape index (κ2) is 6.95. The molecule has 0 saturated carbocycles. The first-order chi connectivity index (χ1) is 12.7. The molecule has 0 N–H and O–H groups in total. The van der Waals surface area contributed by atoms with E-state index >= 15 is 0 Å². The molecule has 0 aliphatic carbocycles. The normalized spacial score (nSPS) is 16.0. The third kappa shape index (κ3) is 3.12. The predicted octanol–water partition coefficient (Wildman–Crippen LogP) is 2.38. The average molecular weight is 372 g/mol. The van der Waals surface area contributed by atoms with Gasteiger partial charge in [0.1, 0.15) is 6.61 Å². The van der Waals surface area contributed by atoms with Crippen LogP contribution in [0.5, 0.6) is 11.5 Å². The Morgan fingerprint density at radius 1 is 1.31 bits per heavy atom. The Balaban J connectivity index is 1.57. The molecule has 0 radical (unpaired) electrons. The van der Waals surface area contributed by atoms with Crippen LogP contribution in [0.3, 0.4) is 0 Å². The van der Waals surface area contributed by atoms with E-state index in [1.807, 2.05) is 31.2 Å². The van der Waals surface area contributed by atoms with Crippen molar-refractivity contribution in [3.63, 3.8) is 0 Å². The minimum Gasteiger partial charge on any atom is -0.486 e. The van der Waals surface area contributed by atoms with Crippen LogP contribution in [0.15, 0.2) is 35.1 Å². The van der Waals surface area contributed by atoms with Crippen LogP contribution in [0.2, 0.25) is 0 Å². The second-order valence-corrected chi connectivity index (χ2v) is 6.99. The number of likely N-dealkylation sites (N-methyl/N-ethyl adjacent to an activating group) is 1. The zero-order valence-corrected chi connectivity index (χ0v) is 15.5. The molecule has 26 heavy (non-hydrogen) atoms.